The summed E-state index contributed by atoms with van der Waals surface area (Å²) in [7, 11) is 0. The van der Waals surface area contributed by atoms with Gasteiger partial charge in [0, 0.05) is 35.3 Å². The summed E-state index contributed by atoms with van der Waals surface area (Å²) in [5, 5.41) is 0. The number of aryl methyl sites for hydroxylation is 4. The van der Waals surface area contributed by atoms with Crippen LogP contribution >= 0.6 is 0 Å². The van der Waals surface area contributed by atoms with Gasteiger partial charge in [0.05, 0.1) is 0 Å². The smallest absolute Gasteiger partial charge is 0.456 e. The molecule has 4 heterocycles. The van der Waals surface area contributed by atoms with Crippen LogP contribution in [0, 0.1) is 18.2 Å². The van der Waals surface area contributed by atoms with Crippen LogP contribution in [0.2, 0.25) is 0 Å². The molecule has 0 fully saturated rings. The van der Waals surface area contributed by atoms with Crippen molar-refractivity contribution in [3.63, 3.8) is 0 Å². The molecule has 7 aromatic carbocycles. The molecule has 0 bridgehead atoms. The van der Waals surface area contributed by atoms with Crippen LogP contribution < -0.4 is 4.74 Å². The Balaban J connectivity index is 0.00000511. The van der Waals surface area contributed by atoms with Crippen molar-refractivity contribution in [2.24, 2.45) is 0 Å². The van der Waals surface area contributed by atoms with E-state index in [9.17, 15) is 0 Å². The Morgan fingerprint density at radius 3 is 1.50 bits per heavy atom. The van der Waals surface area contributed by atoms with Crippen molar-refractivity contribution in [2.45, 2.75) is 25.7 Å². The van der Waals surface area contributed by atoms with E-state index in [0.29, 0.717) is 0 Å². The number of nitrogens with zero attached hydrogens (tertiary/aromatic N) is 3. The molecule has 0 atom stereocenters. The third-order valence-corrected chi connectivity index (χ3v) is 12.2. The summed E-state index contributed by atoms with van der Waals surface area (Å²) in [5.41, 5.74) is 19.2. The second-order valence-electron chi connectivity index (χ2n) is 16.4. The van der Waals surface area contributed by atoms with Crippen LogP contribution in [0.5, 0.6) is 11.5 Å². The van der Waals surface area contributed by atoms with Gasteiger partial charge in [-0.3, -0.25) is 0 Å². The minimum absolute atomic E-state index is 0. The summed E-state index contributed by atoms with van der Waals surface area (Å²) in [4.78, 5) is 14.7. The van der Waals surface area contributed by atoms with E-state index in [4.69, 9.17) is 19.7 Å². The van der Waals surface area contributed by atoms with E-state index >= 15 is 0 Å². The van der Waals surface area contributed by atoms with Crippen LogP contribution in [0.1, 0.15) is 22.3 Å². The van der Waals surface area contributed by atoms with Crippen molar-refractivity contribution in [3.8, 4) is 89.8 Å². The fourth-order valence-electron chi connectivity index (χ4n) is 8.82. The largest absolute Gasteiger partial charge is 3.00 e. The Bertz CT molecular complexity index is 3140. The molecular weight excluding hydrogens is 983 g/mol. The predicted octanol–water partition coefficient (Wildman–Crippen LogP) is 14.6. The van der Waals surface area contributed by atoms with Gasteiger partial charge in [-0.15, -0.1) is 108 Å². The molecule has 0 aliphatic carbocycles. The van der Waals surface area contributed by atoms with Crippen molar-refractivity contribution < 1.29 is 24.8 Å². The van der Waals surface area contributed by atoms with Gasteiger partial charge in [0.25, 0.3) is 0 Å². The van der Waals surface area contributed by atoms with E-state index in [1.54, 1.807) is 0 Å². The van der Waals surface area contributed by atoms with E-state index in [0.717, 1.165) is 115 Å². The monoisotopic (exact) mass is 1030 g/mol. The molecule has 0 spiro atoms. The second-order valence-corrected chi connectivity index (χ2v) is 16.4. The van der Waals surface area contributed by atoms with Crippen molar-refractivity contribution >= 4 is 0 Å². The van der Waals surface area contributed by atoms with E-state index in [1.807, 2.05) is 91.4 Å². The third-order valence-electron chi connectivity index (χ3n) is 12.2. The van der Waals surface area contributed by atoms with Crippen LogP contribution in [0.15, 0.2) is 207 Å². The molecule has 11 rings (SSSR count). The maximum atomic E-state index is 7.06. The zero-order chi connectivity index (χ0) is 43.4. The van der Waals surface area contributed by atoms with Crippen molar-refractivity contribution in [1.82, 2.24) is 15.0 Å². The summed E-state index contributed by atoms with van der Waals surface area (Å²) < 4.78 is 7.06. The standard InChI is InChI=1S/C61H42N3O.Ir/c1-5-14-46(15-6-1)50-30-31-53-54-38-58(49-20-11-4-12-21-49)64-41-55(54)61-52(22-13-23-59(61)65-60(53)37-50)51-35-44(26-24-42-28-32-56(62-39-42)47-16-7-2-8-17-47)34-45(36-51)27-25-43-29-33-57(63-40-43)48-18-9-3-10-19-48;/h1-16,18,20,22-23,28-41H,24-27H2;/q-3;+3. The fraction of sp³-hybridized carbons (Fsp3) is 0.0656. The normalized spacial score (nSPS) is 11.3. The van der Waals surface area contributed by atoms with Crippen LogP contribution in [0.4, 0.5) is 0 Å². The molecule has 0 saturated heterocycles. The maximum Gasteiger partial charge on any atom is 3.00 e. The minimum atomic E-state index is 0. The quantitative estimate of drug-likeness (QED) is 0.121. The van der Waals surface area contributed by atoms with Crippen LogP contribution in [0.25, 0.3) is 78.3 Å². The number of benzene rings is 7. The molecule has 1 aliphatic heterocycles. The summed E-state index contributed by atoms with van der Waals surface area (Å²) in [6, 6.07) is 75.3. The molecule has 3 aromatic heterocycles. The van der Waals surface area contributed by atoms with Gasteiger partial charge in [0.1, 0.15) is 11.5 Å². The zero-order valence-corrected chi connectivity index (χ0v) is 38.4. The fourth-order valence-corrected chi connectivity index (χ4v) is 8.82. The molecule has 4 nitrogen and oxygen atoms in total. The molecule has 5 heteroatoms. The number of hydrogen-bond donors (Lipinski definition) is 0. The maximum absolute atomic E-state index is 7.06. The van der Waals surface area contributed by atoms with Crippen molar-refractivity contribution in [3.05, 3.63) is 247 Å². The van der Waals surface area contributed by atoms with E-state index in [2.05, 4.69) is 133 Å². The van der Waals surface area contributed by atoms with Crippen molar-refractivity contribution in [1.29, 1.82) is 0 Å². The summed E-state index contributed by atoms with van der Waals surface area (Å²) in [6.45, 7) is 0. The first-order valence-corrected chi connectivity index (χ1v) is 22.1. The average Bonchev–Trinajstić information content (AvgIpc) is 3.52. The molecular formula is C61H42IrN3O. The minimum Gasteiger partial charge on any atom is -0.456 e. The number of pyridine rings is 3. The number of fused-ring (bicyclic) bond motifs is 5. The first-order chi connectivity index (χ1) is 32.2. The summed E-state index contributed by atoms with van der Waals surface area (Å²) in [5.74, 6) is 1.60. The molecule has 0 radical (unpaired) electrons. The molecule has 0 amide bonds. The molecule has 316 valence electrons. The Labute approximate surface area is 400 Å². The van der Waals surface area contributed by atoms with Gasteiger partial charge in [-0.25, -0.2) is 0 Å². The van der Waals surface area contributed by atoms with Gasteiger partial charge in [-0.1, -0.05) is 103 Å². The van der Waals surface area contributed by atoms with Crippen LogP contribution in [-0.2, 0) is 45.8 Å². The van der Waals surface area contributed by atoms with Crippen molar-refractivity contribution in [2.75, 3.05) is 0 Å². The SMILES string of the molecule is [Ir+3].[c-]1ccccc1-c1ccc(CCc2cc(CCc3ccc(-c4[c-]cccc4)nc3)cc(-c3cccc4c3-c3cnc(-c5[c-]cccc5)cc3-c3ccc(-c5ccccc5)cc3O4)c2)cn1. The van der Waals surface area contributed by atoms with Gasteiger partial charge < -0.3 is 19.7 Å². The topological polar surface area (TPSA) is 47.9 Å². The van der Waals surface area contributed by atoms with Gasteiger partial charge >= 0.3 is 20.1 Å². The zero-order valence-electron chi connectivity index (χ0n) is 36.0. The Hall–Kier alpha value is -7.56. The molecule has 0 saturated carbocycles. The second kappa shape index (κ2) is 19.3. The van der Waals surface area contributed by atoms with Gasteiger partial charge in [-0.2, -0.15) is 0 Å². The number of rotatable bonds is 11. The molecule has 66 heavy (non-hydrogen) atoms. The number of hydrogen-bond acceptors (Lipinski definition) is 4. The molecule has 1 aliphatic rings. The van der Waals surface area contributed by atoms with Gasteiger partial charge in [0.15, 0.2) is 0 Å². The molecule has 0 N–H and O–H groups in total. The summed E-state index contributed by atoms with van der Waals surface area (Å²) >= 11 is 0. The Kier molecular flexibility index (Phi) is 12.4. The first-order valence-electron chi connectivity index (χ1n) is 22.1. The van der Waals surface area contributed by atoms with E-state index in [1.165, 1.54) is 22.3 Å². The van der Waals surface area contributed by atoms with Gasteiger partial charge in [0.2, 0.25) is 0 Å². The Morgan fingerprint density at radius 1 is 0.348 bits per heavy atom. The first kappa shape index (κ1) is 42.4. The molecule has 10 aromatic rings. The molecule has 0 unspecified atom stereocenters. The third kappa shape index (κ3) is 9.05. The number of ether oxygens (including phenoxy) is 1. The van der Waals surface area contributed by atoms with Crippen LogP contribution in [-0.4, -0.2) is 15.0 Å². The van der Waals surface area contributed by atoms with E-state index in [-0.39, 0.29) is 20.1 Å². The Morgan fingerprint density at radius 2 is 0.924 bits per heavy atom. The summed E-state index contributed by atoms with van der Waals surface area (Å²) in [6.07, 6.45) is 9.47. The predicted molar refractivity (Wildman–Crippen MR) is 262 cm³/mol. The van der Waals surface area contributed by atoms with Gasteiger partial charge in [-0.05, 0) is 105 Å². The van der Waals surface area contributed by atoms with E-state index < -0.39 is 0 Å². The number of aromatic nitrogens is 3. The van der Waals surface area contributed by atoms with Crippen LogP contribution in [0.3, 0.4) is 0 Å². The average molecular weight is 1030 g/mol.